The molecule has 1 rings (SSSR count). The molecule has 94 valence electrons. The van der Waals surface area contributed by atoms with Gasteiger partial charge in [-0.25, -0.2) is 9.67 Å². The van der Waals surface area contributed by atoms with E-state index in [-0.39, 0.29) is 12.5 Å². The molecule has 1 heterocycles. The molecule has 17 heavy (non-hydrogen) atoms. The van der Waals surface area contributed by atoms with Crippen molar-refractivity contribution in [3.8, 4) is 0 Å². The van der Waals surface area contributed by atoms with Crippen molar-refractivity contribution in [1.29, 1.82) is 0 Å². The lowest BCUT2D eigenvalue weighted by molar-refractivity contribution is -0.148. The highest BCUT2D eigenvalue weighted by Gasteiger charge is 2.23. The Labute approximate surface area is 99.4 Å². The minimum atomic E-state index is -0.484. The molecule has 0 saturated carbocycles. The molecule has 0 bridgehead atoms. The van der Waals surface area contributed by atoms with Crippen molar-refractivity contribution in [2.24, 2.45) is 0 Å². The van der Waals surface area contributed by atoms with Crippen LogP contribution in [-0.4, -0.2) is 51.7 Å². The molecular formula is C10H16N4O3. The largest absolute Gasteiger partial charge is 0.468 e. The Hall–Kier alpha value is -1.92. The third-order valence-electron chi connectivity index (χ3n) is 2.43. The highest BCUT2D eigenvalue weighted by atomic mass is 16.5. The Morgan fingerprint density at radius 1 is 1.53 bits per heavy atom. The smallest absolute Gasteiger partial charge is 0.325 e. The highest BCUT2D eigenvalue weighted by molar-refractivity contribution is 5.84. The molecule has 0 aliphatic rings. The monoisotopic (exact) mass is 240 g/mol. The van der Waals surface area contributed by atoms with Gasteiger partial charge in [-0.15, -0.1) is 0 Å². The predicted molar refractivity (Wildman–Crippen MR) is 59.0 cm³/mol. The van der Waals surface area contributed by atoms with Crippen molar-refractivity contribution in [2.75, 3.05) is 20.2 Å². The summed E-state index contributed by atoms with van der Waals surface area (Å²) in [6.45, 7) is 3.89. The molecule has 0 saturated heterocycles. The Morgan fingerprint density at radius 2 is 2.24 bits per heavy atom. The summed E-state index contributed by atoms with van der Waals surface area (Å²) in [4.78, 5) is 28.4. The second kappa shape index (κ2) is 5.97. The maximum absolute atomic E-state index is 12.1. The Kier molecular flexibility index (Phi) is 4.62. The molecule has 1 aromatic rings. The van der Waals surface area contributed by atoms with E-state index < -0.39 is 12.0 Å². The second-order valence-electron chi connectivity index (χ2n) is 3.48. The molecule has 1 aromatic heterocycles. The summed E-state index contributed by atoms with van der Waals surface area (Å²) in [6.07, 6.45) is 2.83. The molecule has 0 aliphatic heterocycles. The quantitative estimate of drug-likeness (QED) is 0.669. The van der Waals surface area contributed by atoms with Crippen molar-refractivity contribution in [2.45, 2.75) is 19.9 Å². The van der Waals surface area contributed by atoms with E-state index in [0.717, 1.165) is 0 Å². The van der Waals surface area contributed by atoms with E-state index in [1.54, 1.807) is 13.8 Å². The van der Waals surface area contributed by atoms with E-state index in [2.05, 4.69) is 14.8 Å². The van der Waals surface area contributed by atoms with E-state index in [4.69, 9.17) is 0 Å². The van der Waals surface area contributed by atoms with E-state index in [1.807, 2.05) is 0 Å². The van der Waals surface area contributed by atoms with Crippen LogP contribution >= 0.6 is 0 Å². The first kappa shape index (κ1) is 13.1. The van der Waals surface area contributed by atoms with Crippen LogP contribution in [0.3, 0.4) is 0 Å². The number of aromatic nitrogens is 3. The van der Waals surface area contributed by atoms with Crippen LogP contribution in [0.2, 0.25) is 0 Å². The molecular weight excluding hydrogens is 224 g/mol. The summed E-state index contributed by atoms with van der Waals surface area (Å²) in [5, 5.41) is 3.90. The summed E-state index contributed by atoms with van der Waals surface area (Å²) >= 11 is 0. The van der Waals surface area contributed by atoms with Crippen molar-refractivity contribution in [3.05, 3.63) is 12.7 Å². The number of rotatable bonds is 5. The number of nitrogens with zero attached hydrogens (tertiary/aromatic N) is 4. The zero-order chi connectivity index (χ0) is 12.8. The van der Waals surface area contributed by atoms with Crippen LogP contribution in [0, 0.1) is 0 Å². The van der Waals surface area contributed by atoms with Crippen LogP contribution in [-0.2, 0) is 14.3 Å². The van der Waals surface area contributed by atoms with Crippen LogP contribution < -0.4 is 0 Å². The fraction of sp³-hybridized carbons (Fsp3) is 0.600. The van der Waals surface area contributed by atoms with Crippen LogP contribution in [0.5, 0.6) is 0 Å². The Morgan fingerprint density at radius 3 is 2.71 bits per heavy atom. The molecule has 0 aromatic carbocycles. The highest BCUT2D eigenvalue weighted by Crippen LogP contribution is 2.07. The molecule has 0 aliphatic carbocycles. The van der Waals surface area contributed by atoms with Crippen LogP contribution in [0.4, 0.5) is 0 Å². The number of hydrogen-bond acceptors (Lipinski definition) is 5. The fourth-order valence-electron chi connectivity index (χ4n) is 1.36. The van der Waals surface area contributed by atoms with Crippen molar-refractivity contribution in [3.63, 3.8) is 0 Å². The van der Waals surface area contributed by atoms with Crippen LogP contribution in [0.15, 0.2) is 12.7 Å². The lowest BCUT2D eigenvalue weighted by atomic mass is 10.3. The summed E-state index contributed by atoms with van der Waals surface area (Å²) in [5.74, 6) is -0.630. The number of carbonyl (C=O) groups excluding carboxylic acids is 2. The lowest BCUT2D eigenvalue weighted by Gasteiger charge is -2.23. The first-order chi connectivity index (χ1) is 8.10. The van der Waals surface area contributed by atoms with Gasteiger partial charge in [0.2, 0.25) is 5.91 Å². The summed E-state index contributed by atoms with van der Waals surface area (Å²) in [5.41, 5.74) is 0. The standard InChI is InChI=1S/C10H16N4O3/c1-4-13(5-9(15)17-3)10(16)8(2)14-7-11-6-12-14/h6-8H,4-5H2,1-3H3. The maximum Gasteiger partial charge on any atom is 0.325 e. The first-order valence-electron chi connectivity index (χ1n) is 5.29. The molecule has 0 spiro atoms. The number of amides is 1. The molecule has 0 N–H and O–H groups in total. The van der Waals surface area contributed by atoms with Gasteiger partial charge >= 0.3 is 5.97 Å². The van der Waals surface area contributed by atoms with E-state index in [0.29, 0.717) is 6.54 Å². The van der Waals surface area contributed by atoms with Gasteiger partial charge in [0.25, 0.3) is 0 Å². The summed E-state index contributed by atoms with van der Waals surface area (Å²) < 4.78 is 5.98. The average molecular weight is 240 g/mol. The van der Waals surface area contributed by atoms with Gasteiger partial charge in [0.1, 0.15) is 25.2 Å². The zero-order valence-corrected chi connectivity index (χ0v) is 10.2. The lowest BCUT2D eigenvalue weighted by Crippen LogP contribution is -2.40. The number of esters is 1. The SMILES string of the molecule is CCN(CC(=O)OC)C(=O)C(C)n1cncn1. The third kappa shape index (κ3) is 3.27. The van der Waals surface area contributed by atoms with Gasteiger partial charge in [0.15, 0.2) is 0 Å². The molecule has 1 unspecified atom stereocenters. The van der Waals surface area contributed by atoms with Crippen molar-refractivity contribution < 1.29 is 14.3 Å². The van der Waals surface area contributed by atoms with Gasteiger partial charge in [0.05, 0.1) is 7.11 Å². The van der Waals surface area contributed by atoms with Gasteiger partial charge in [0, 0.05) is 6.54 Å². The third-order valence-corrected chi connectivity index (χ3v) is 2.43. The van der Waals surface area contributed by atoms with Crippen molar-refractivity contribution >= 4 is 11.9 Å². The molecule has 0 radical (unpaired) electrons. The number of hydrogen-bond donors (Lipinski definition) is 0. The second-order valence-corrected chi connectivity index (χ2v) is 3.48. The topological polar surface area (TPSA) is 77.3 Å². The van der Waals surface area contributed by atoms with E-state index >= 15 is 0 Å². The molecule has 1 amide bonds. The predicted octanol–water partition coefficient (Wildman–Crippen LogP) is -0.139. The average Bonchev–Trinajstić information content (AvgIpc) is 2.87. The molecule has 0 fully saturated rings. The van der Waals surface area contributed by atoms with E-state index in [1.165, 1.54) is 29.3 Å². The van der Waals surface area contributed by atoms with Gasteiger partial charge < -0.3 is 9.64 Å². The van der Waals surface area contributed by atoms with Gasteiger partial charge in [-0.1, -0.05) is 0 Å². The van der Waals surface area contributed by atoms with Gasteiger partial charge in [-0.2, -0.15) is 5.10 Å². The van der Waals surface area contributed by atoms with Gasteiger partial charge in [-0.05, 0) is 13.8 Å². The van der Waals surface area contributed by atoms with Crippen LogP contribution in [0.1, 0.15) is 19.9 Å². The summed E-state index contributed by atoms with van der Waals surface area (Å²) in [6, 6.07) is -0.484. The Balaban J connectivity index is 2.69. The Bertz CT molecular complexity index is 377. The number of methoxy groups -OCH3 is 1. The normalized spacial score (nSPS) is 11.9. The van der Waals surface area contributed by atoms with Crippen LogP contribution in [0.25, 0.3) is 0 Å². The number of likely N-dealkylation sites (N-methyl/N-ethyl adjacent to an activating group) is 1. The number of ether oxygens (including phenoxy) is 1. The minimum Gasteiger partial charge on any atom is -0.468 e. The minimum absolute atomic E-state index is 0.0507. The molecule has 7 nitrogen and oxygen atoms in total. The number of carbonyl (C=O) groups is 2. The van der Waals surface area contributed by atoms with Crippen molar-refractivity contribution in [1.82, 2.24) is 19.7 Å². The van der Waals surface area contributed by atoms with E-state index in [9.17, 15) is 9.59 Å². The maximum atomic E-state index is 12.1. The fourth-order valence-corrected chi connectivity index (χ4v) is 1.36. The molecule has 1 atom stereocenters. The first-order valence-corrected chi connectivity index (χ1v) is 5.29. The summed E-state index contributed by atoms with van der Waals surface area (Å²) in [7, 11) is 1.29. The van der Waals surface area contributed by atoms with Gasteiger partial charge in [-0.3, -0.25) is 9.59 Å². The zero-order valence-electron chi connectivity index (χ0n) is 10.2. The molecule has 7 heteroatoms.